The molecule has 0 aliphatic carbocycles. The molecule has 82 valence electrons. The van der Waals surface area contributed by atoms with Crippen molar-refractivity contribution in [3.8, 4) is 0 Å². The third kappa shape index (κ3) is 5.72. The smallest absolute Gasteiger partial charge is 0.333 e. The molecule has 0 aromatic rings. The quantitative estimate of drug-likeness (QED) is 0.378. The SMILES string of the molecule is C=C(C)C(=O)OC(CC)COCCO. The molecular weight excluding hydrogens is 184 g/mol. The third-order valence-electron chi connectivity index (χ3n) is 1.62. The summed E-state index contributed by atoms with van der Waals surface area (Å²) in [6.07, 6.45) is 0.426. The second-order valence-electron chi connectivity index (χ2n) is 3.01. The molecule has 0 radical (unpaired) electrons. The van der Waals surface area contributed by atoms with Gasteiger partial charge in [-0.2, -0.15) is 0 Å². The second-order valence-corrected chi connectivity index (χ2v) is 3.01. The summed E-state index contributed by atoms with van der Waals surface area (Å²) in [7, 11) is 0. The molecule has 0 bridgehead atoms. The van der Waals surface area contributed by atoms with Gasteiger partial charge in [0.1, 0.15) is 6.10 Å². The Bertz CT molecular complexity index is 189. The van der Waals surface area contributed by atoms with Crippen molar-refractivity contribution in [2.75, 3.05) is 19.8 Å². The summed E-state index contributed by atoms with van der Waals surface area (Å²) in [6.45, 7) is 7.54. The van der Waals surface area contributed by atoms with Crippen LogP contribution in [-0.2, 0) is 14.3 Å². The topological polar surface area (TPSA) is 55.8 Å². The molecule has 1 N–H and O–H groups in total. The molecular formula is C10H18O4. The van der Waals surface area contributed by atoms with E-state index in [0.717, 1.165) is 0 Å². The van der Waals surface area contributed by atoms with Crippen LogP contribution in [0.5, 0.6) is 0 Å². The van der Waals surface area contributed by atoms with Crippen LogP contribution in [0.4, 0.5) is 0 Å². The molecule has 0 fully saturated rings. The zero-order valence-corrected chi connectivity index (χ0v) is 8.78. The Morgan fingerprint density at radius 1 is 1.57 bits per heavy atom. The number of hydrogen-bond donors (Lipinski definition) is 1. The molecule has 4 nitrogen and oxygen atoms in total. The summed E-state index contributed by atoms with van der Waals surface area (Å²) in [4.78, 5) is 11.1. The van der Waals surface area contributed by atoms with Crippen molar-refractivity contribution in [3.05, 3.63) is 12.2 Å². The van der Waals surface area contributed by atoms with Gasteiger partial charge in [-0.15, -0.1) is 0 Å². The fourth-order valence-corrected chi connectivity index (χ4v) is 0.767. The second kappa shape index (κ2) is 7.53. The Balaban J connectivity index is 3.78. The van der Waals surface area contributed by atoms with Crippen LogP contribution >= 0.6 is 0 Å². The molecule has 4 heteroatoms. The van der Waals surface area contributed by atoms with E-state index in [2.05, 4.69) is 6.58 Å². The Labute approximate surface area is 84.5 Å². The molecule has 0 rings (SSSR count). The van der Waals surface area contributed by atoms with Crippen molar-refractivity contribution in [3.63, 3.8) is 0 Å². The normalized spacial score (nSPS) is 12.2. The predicted octanol–water partition coefficient (Wildman–Crippen LogP) is 0.893. The van der Waals surface area contributed by atoms with Gasteiger partial charge in [-0.3, -0.25) is 0 Å². The van der Waals surface area contributed by atoms with Gasteiger partial charge in [-0.25, -0.2) is 4.79 Å². The molecule has 1 unspecified atom stereocenters. The average molecular weight is 202 g/mol. The number of ether oxygens (including phenoxy) is 2. The number of carbonyl (C=O) groups is 1. The summed E-state index contributed by atoms with van der Waals surface area (Å²) < 4.78 is 10.1. The van der Waals surface area contributed by atoms with Crippen molar-refractivity contribution in [2.45, 2.75) is 26.4 Å². The van der Waals surface area contributed by atoms with Crippen molar-refractivity contribution >= 4 is 5.97 Å². The van der Waals surface area contributed by atoms with Crippen LogP contribution in [0.15, 0.2) is 12.2 Å². The number of aliphatic hydroxyl groups is 1. The molecule has 0 spiro atoms. The van der Waals surface area contributed by atoms with Crippen LogP contribution in [0.2, 0.25) is 0 Å². The molecule has 0 heterocycles. The van der Waals surface area contributed by atoms with E-state index < -0.39 is 5.97 Å². The summed E-state index contributed by atoms with van der Waals surface area (Å²) in [5.41, 5.74) is 0.380. The Morgan fingerprint density at radius 2 is 2.21 bits per heavy atom. The van der Waals surface area contributed by atoms with Gasteiger partial charge in [0, 0.05) is 5.57 Å². The van der Waals surface area contributed by atoms with E-state index in [4.69, 9.17) is 14.6 Å². The van der Waals surface area contributed by atoms with Gasteiger partial charge in [-0.05, 0) is 13.3 Å². The van der Waals surface area contributed by atoms with E-state index in [1.807, 2.05) is 6.92 Å². The van der Waals surface area contributed by atoms with Crippen molar-refractivity contribution in [2.24, 2.45) is 0 Å². The van der Waals surface area contributed by atoms with Crippen LogP contribution in [0, 0.1) is 0 Å². The highest BCUT2D eigenvalue weighted by molar-refractivity contribution is 5.87. The first-order valence-electron chi connectivity index (χ1n) is 4.66. The van der Waals surface area contributed by atoms with E-state index in [1.54, 1.807) is 6.92 Å². The predicted molar refractivity (Wildman–Crippen MR) is 52.9 cm³/mol. The highest BCUT2D eigenvalue weighted by Crippen LogP contribution is 2.03. The van der Waals surface area contributed by atoms with E-state index in [-0.39, 0.29) is 19.3 Å². The molecule has 0 aromatic carbocycles. The number of carbonyl (C=O) groups excluding carboxylic acids is 1. The molecule has 0 saturated carbocycles. The van der Waals surface area contributed by atoms with Gasteiger partial charge < -0.3 is 14.6 Å². The maximum absolute atomic E-state index is 11.1. The van der Waals surface area contributed by atoms with E-state index in [0.29, 0.717) is 18.6 Å². The van der Waals surface area contributed by atoms with Crippen molar-refractivity contribution in [1.29, 1.82) is 0 Å². The zero-order chi connectivity index (χ0) is 11.0. The van der Waals surface area contributed by atoms with Crippen LogP contribution < -0.4 is 0 Å². The molecule has 14 heavy (non-hydrogen) atoms. The first-order chi connectivity index (χ1) is 6.61. The van der Waals surface area contributed by atoms with Crippen LogP contribution in [0.3, 0.4) is 0 Å². The lowest BCUT2D eigenvalue weighted by Crippen LogP contribution is -2.23. The molecule has 0 saturated heterocycles. The third-order valence-corrected chi connectivity index (χ3v) is 1.62. The summed E-state index contributed by atoms with van der Waals surface area (Å²) in [5, 5.41) is 8.48. The van der Waals surface area contributed by atoms with Gasteiger partial charge in [0.05, 0.1) is 19.8 Å². The molecule has 1 atom stereocenters. The largest absolute Gasteiger partial charge is 0.457 e. The Hall–Kier alpha value is -0.870. The minimum Gasteiger partial charge on any atom is -0.457 e. The number of rotatable bonds is 7. The van der Waals surface area contributed by atoms with Gasteiger partial charge in [0.15, 0.2) is 0 Å². The van der Waals surface area contributed by atoms with Crippen LogP contribution in [0.25, 0.3) is 0 Å². The zero-order valence-electron chi connectivity index (χ0n) is 8.78. The fraction of sp³-hybridized carbons (Fsp3) is 0.700. The molecule has 0 aromatic heterocycles. The van der Waals surface area contributed by atoms with Crippen molar-refractivity contribution < 1.29 is 19.4 Å². The molecule has 0 aliphatic rings. The van der Waals surface area contributed by atoms with E-state index in [1.165, 1.54) is 0 Å². The van der Waals surface area contributed by atoms with Gasteiger partial charge in [0.2, 0.25) is 0 Å². The van der Waals surface area contributed by atoms with Crippen LogP contribution in [-0.4, -0.2) is 37.0 Å². The number of aliphatic hydroxyl groups excluding tert-OH is 1. The molecule has 0 aliphatic heterocycles. The standard InChI is InChI=1S/C10H18O4/c1-4-9(7-13-6-5-11)14-10(12)8(2)3/h9,11H,2,4-7H2,1,3H3. The minimum absolute atomic E-state index is 0.0229. The summed E-state index contributed by atoms with van der Waals surface area (Å²) in [5.74, 6) is -0.399. The minimum atomic E-state index is -0.399. The van der Waals surface area contributed by atoms with Gasteiger partial charge in [0.25, 0.3) is 0 Å². The number of esters is 1. The van der Waals surface area contributed by atoms with E-state index in [9.17, 15) is 4.79 Å². The van der Waals surface area contributed by atoms with Gasteiger partial charge >= 0.3 is 5.97 Å². The average Bonchev–Trinajstić information content (AvgIpc) is 2.16. The Morgan fingerprint density at radius 3 is 2.64 bits per heavy atom. The lowest BCUT2D eigenvalue weighted by atomic mass is 10.3. The maximum atomic E-state index is 11.1. The molecule has 0 amide bonds. The highest BCUT2D eigenvalue weighted by atomic mass is 16.6. The van der Waals surface area contributed by atoms with Crippen LogP contribution in [0.1, 0.15) is 20.3 Å². The fourth-order valence-electron chi connectivity index (χ4n) is 0.767. The first kappa shape index (κ1) is 13.1. The van der Waals surface area contributed by atoms with E-state index >= 15 is 0 Å². The lowest BCUT2D eigenvalue weighted by molar-refractivity contribution is -0.147. The Kier molecular flexibility index (Phi) is 7.06. The highest BCUT2D eigenvalue weighted by Gasteiger charge is 2.12. The summed E-state index contributed by atoms with van der Waals surface area (Å²) in [6, 6.07) is 0. The first-order valence-corrected chi connectivity index (χ1v) is 4.66. The summed E-state index contributed by atoms with van der Waals surface area (Å²) >= 11 is 0. The maximum Gasteiger partial charge on any atom is 0.333 e. The monoisotopic (exact) mass is 202 g/mol. The van der Waals surface area contributed by atoms with Crippen molar-refractivity contribution in [1.82, 2.24) is 0 Å². The number of hydrogen-bond acceptors (Lipinski definition) is 4. The van der Waals surface area contributed by atoms with Gasteiger partial charge in [-0.1, -0.05) is 13.5 Å². The lowest BCUT2D eigenvalue weighted by Gasteiger charge is -2.15.